The van der Waals surface area contributed by atoms with E-state index in [9.17, 15) is 8.42 Å². The van der Waals surface area contributed by atoms with Crippen molar-refractivity contribution in [2.45, 2.75) is 44.7 Å². The third-order valence-corrected chi connectivity index (χ3v) is 4.99. The maximum absolute atomic E-state index is 12.5. The minimum Gasteiger partial charge on any atom is -0.383 e. The fourth-order valence-electron chi connectivity index (χ4n) is 2.10. The highest BCUT2D eigenvalue weighted by Gasteiger charge is 2.21. The second-order valence-electron chi connectivity index (χ2n) is 4.93. The highest BCUT2D eigenvalue weighted by atomic mass is 32.2. The lowest BCUT2D eigenvalue weighted by molar-refractivity contribution is 0.173. The Hall–Kier alpha value is -0.950. The van der Waals surface area contributed by atoms with Gasteiger partial charge in [0, 0.05) is 19.7 Å². The summed E-state index contributed by atoms with van der Waals surface area (Å²) in [6, 6.07) is 3.28. The standard InChI is InChI=1S/C14H24N2O3S/c1-5-13(9-19-4)16-20(17,18)14-7-12(8-15)10(2)6-11(14)3/h6-7,13,16H,5,8-9,15H2,1-4H3. The van der Waals surface area contributed by atoms with Gasteiger partial charge in [0.15, 0.2) is 0 Å². The number of rotatable bonds is 7. The number of methoxy groups -OCH3 is 1. The number of nitrogens with two attached hydrogens (primary N) is 1. The summed E-state index contributed by atoms with van der Waals surface area (Å²) in [6.07, 6.45) is 0.668. The molecule has 0 bridgehead atoms. The summed E-state index contributed by atoms with van der Waals surface area (Å²) in [5.41, 5.74) is 8.23. The molecular weight excluding hydrogens is 276 g/mol. The Balaban J connectivity index is 3.15. The molecule has 5 nitrogen and oxygen atoms in total. The molecule has 20 heavy (non-hydrogen) atoms. The van der Waals surface area contributed by atoms with Crippen molar-refractivity contribution < 1.29 is 13.2 Å². The van der Waals surface area contributed by atoms with E-state index >= 15 is 0 Å². The topological polar surface area (TPSA) is 81.4 Å². The summed E-state index contributed by atoms with van der Waals surface area (Å²) in [5.74, 6) is 0. The lowest BCUT2D eigenvalue weighted by Crippen LogP contribution is -2.37. The molecular formula is C14H24N2O3S. The van der Waals surface area contributed by atoms with Gasteiger partial charge in [0.2, 0.25) is 10.0 Å². The molecule has 0 aliphatic carbocycles. The van der Waals surface area contributed by atoms with Gasteiger partial charge in [-0.3, -0.25) is 0 Å². The monoisotopic (exact) mass is 300 g/mol. The van der Waals surface area contributed by atoms with E-state index in [1.165, 1.54) is 0 Å². The van der Waals surface area contributed by atoms with Crippen molar-refractivity contribution in [1.29, 1.82) is 0 Å². The molecule has 0 amide bonds. The fourth-order valence-corrected chi connectivity index (χ4v) is 3.68. The molecule has 1 unspecified atom stereocenters. The van der Waals surface area contributed by atoms with Crippen LogP contribution in [0.25, 0.3) is 0 Å². The Bertz CT molecular complexity index is 556. The minimum absolute atomic E-state index is 0.230. The number of sulfonamides is 1. The molecule has 3 N–H and O–H groups in total. The first-order chi connectivity index (χ1) is 9.35. The average molecular weight is 300 g/mol. The second kappa shape index (κ2) is 7.17. The van der Waals surface area contributed by atoms with Crippen molar-refractivity contribution in [3.63, 3.8) is 0 Å². The highest BCUT2D eigenvalue weighted by molar-refractivity contribution is 7.89. The van der Waals surface area contributed by atoms with Gasteiger partial charge in [-0.2, -0.15) is 0 Å². The molecule has 1 aromatic rings. The smallest absolute Gasteiger partial charge is 0.241 e. The van der Waals surface area contributed by atoms with E-state index in [2.05, 4.69) is 4.72 Å². The molecule has 0 fully saturated rings. The zero-order valence-corrected chi connectivity index (χ0v) is 13.4. The minimum atomic E-state index is -3.56. The predicted molar refractivity (Wildman–Crippen MR) is 80.1 cm³/mol. The van der Waals surface area contributed by atoms with Crippen LogP contribution in [-0.4, -0.2) is 28.2 Å². The van der Waals surface area contributed by atoms with Gasteiger partial charge in [0.05, 0.1) is 11.5 Å². The summed E-state index contributed by atoms with van der Waals surface area (Å²) in [5, 5.41) is 0. The molecule has 6 heteroatoms. The van der Waals surface area contributed by atoms with E-state index in [0.29, 0.717) is 19.6 Å². The van der Waals surface area contributed by atoms with Crippen LogP contribution in [-0.2, 0) is 21.3 Å². The first-order valence-corrected chi connectivity index (χ1v) is 8.15. The van der Waals surface area contributed by atoms with Crippen molar-refractivity contribution in [3.8, 4) is 0 Å². The Morgan fingerprint density at radius 2 is 1.95 bits per heavy atom. The van der Waals surface area contributed by atoms with E-state index in [1.807, 2.05) is 19.9 Å². The molecule has 1 atom stereocenters. The summed E-state index contributed by atoms with van der Waals surface area (Å²) >= 11 is 0. The lowest BCUT2D eigenvalue weighted by atomic mass is 10.1. The molecule has 0 saturated carbocycles. The molecule has 0 aliphatic rings. The molecule has 0 spiro atoms. The van der Waals surface area contributed by atoms with Crippen molar-refractivity contribution in [1.82, 2.24) is 4.72 Å². The van der Waals surface area contributed by atoms with Gasteiger partial charge >= 0.3 is 0 Å². The van der Waals surface area contributed by atoms with Crippen LogP contribution in [0.15, 0.2) is 17.0 Å². The van der Waals surface area contributed by atoms with Crippen LogP contribution < -0.4 is 10.5 Å². The third-order valence-electron chi connectivity index (χ3n) is 3.33. The number of nitrogens with one attached hydrogen (secondary N) is 1. The number of ether oxygens (including phenoxy) is 1. The Morgan fingerprint density at radius 3 is 2.45 bits per heavy atom. The lowest BCUT2D eigenvalue weighted by Gasteiger charge is -2.18. The summed E-state index contributed by atoms with van der Waals surface area (Å²) in [6.45, 7) is 6.31. The van der Waals surface area contributed by atoms with Crippen molar-refractivity contribution in [2.75, 3.05) is 13.7 Å². The number of hydrogen-bond donors (Lipinski definition) is 2. The van der Waals surface area contributed by atoms with Gasteiger partial charge in [0.25, 0.3) is 0 Å². The zero-order chi connectivity index (χ0) is 15.3. The van der Waals surface area contributed by atoms with Crippen LogP contribution in [0.1, 0.15) is 30.0 Å². The number of hydrogen-bond acceptors (Lipinski definition) is 4. The third kappa shape index (κ3) is 4.02. The molecule has 114 valence electrons. The largest absolute Gasteiger partial charge is 0.383 e. The van der Waals surface area contributed by atoms with E-state index in [-0.39, 0.29) is 10.9 Å². The van der Waals surface area contributed by atoms with E-state index in [1.54, 1.807) is 20.1 Å². The Labute approximate surface area is 121 Å². The predicted octanol–water partition coefficient (Wildman–Crippen LogP) is 1.47. The van der Waals surface area contributed by atoms with Crippen LogP contribution in [0.2, 0.25) is 0 Å². The molecule has 1 aromatic carbocycles. The maximum Gasteiger partial charge on any atom is 0.241 e. The zero-order valence-electron chi connectivity index (χ0n) is 12.6. The van der Waals surface area contributed by atoms with Crippen LogP contribution in [0, 0.1) is 13.8 Å². The Morgan fingerprint density at radius 1 is 1.30 bits per heavy atom. The molecule has 0 aromatic heterocycles. The molecule has 1 rings (SSSR count). The fraction of sp³-hybridized carbons (Fsp3) is 0.571. The van der Waals surface area contributed by atoms with Crippen LogP contribution in [0.4, 0.5) is 0 Å². The van der Waals surface area contributed by atoms with Crippen molar-refractivity contribution in [3.05, 3.63) is 28.8 Å². The molecule has 0 aliphatic heterocycles. The van der Waals surface area contributed by atoms with Crippen molar-refractivity contribution in [2.24, 2.45) is 5.73 Å². The normalized spacial score (nSPS) is 13.4. The van der Waals surface area contributed by atoms with Crippen molar-refractivity contribution >= 4 is 10.0 Å². The number of benzene rings is 1. The van der Waals surface area contributed by atoms with E-state index < -0.39 is 10.0 Å². The summed E-state index contributed by atoms with van der Waals surface area (Å²) in [7, 11) is -2.00. The van der Waals surface area contributed by atoms with E-state index in [0.717, 1.165) is 16.7 Å². The molecule has 0 saturated heterocycles. The van der Waals surface area contributed by atoms with Gasteiger partial charge in [-0.1, -0.05) is 13.0 Å². The first kappa shape index (κ1) is 17.1. The quantitative estimate of drug-likeness (QED) is 0.799. The molecule has 0 radical (unpaired) electrons. The average Bonchev–Trinajstić information content (AvgIpc) is 2.37. The van der Waals surface area contributed by atoms with Gasteiger partial charge < -0.3 is 10.5 Å². The molecule has 0 heterocycles. The van der Waals surface area contributed by atoms with Gasteiger partial charge in [-0.15, -0.1) is 0 Å². The Kier molecular flexibility index (Phi) is 6.13. The summed E-state index contributed by atoms with van der Waals surface area (Å²) in [4.78, 5) is 0.290. The second-order valence-corrected chi connectivity index (χ2v) is 6.61. The van der Waals surface area contributed by atoms with Gasteiger partial charge in [-0.05, 0) is 43.0 Å². The van der Waals surface area contributed by atoms with Gasteiger partial charge in [0.1, 0.15) is 0 Å². The highest BCUT2D eigenvalue weighted by Crippen LogP contribution is 2.20. The van der Waals surface area contributed by atoms with Crippen LogP contribution in [0.5, 0.6) is 0 Å². The van der Waals surface area contributed by atoms with Crippen LogP contribution >= 0.6 is 0 Å². The SMILES string of the molecule is CCC(COC)NS(=O)(=O)c1cc(CN)c(C)cc1C. The maximum atomic E-state index is 12.5. The number of aryl methyl sites for hydroxylation is 2. The van der Waals surface area contributed by atoms with Gasteiger partial charge in [-0.25, -0.2) is 13.1 Å². The van der Waals surface area contributed by atoms with E-state index in [4.69, 9.17) is 10.5 Å². The summed E-state index contributed by atoms with van der Waals surface area (Å²) < 4.78 is 32.6. The first-order valence-electron chi connectivity index (χ1n) is 6.67. The van der Waals surface area contributed by atoms with Crippen LogP contribution in [0.3, 0.4) is 0 Å².